The van der Waals surface area contributed by atoms with Crippen molar-refractivity contribution in [2.45, 2.75) is 18.4 Å². The van der Waals surface area contributed by atoms with E-state index in [1.807, 2.05) is 6.07 Å². The van der Waals surface area contributed by atoms with Crippen LogP contribution >= 0.6 is 0 Å². The highest BCUT2D eigenvalue weighted by Gasteiger charge is 2.06. The molecule has 0 aliphatic rings. The van der Waals surface area contributed by atoms with Gasteiger partial charge in [0.25, 0.3) is 0 Å². The molecule has 0 unspecified atom stereocenters. The number of aryl methyl sites for hydroxylation is 1. The Hall–Kier alpha value is -1.85. The summed E-state index contributed by atoms with van der Waals surface area (Å²) in [5.74, 6) is 0.671. The van der Waals surface area contributed by atoms with Crippen LogP contribution in [0.4, 0.5) is 0 Å². The summed E-state index contributed by atoms with van der Waals surface area (Å²) in [6.07, 6.45) is 1.19. The summed E-state index contributed by atoms with van der Waals surface area (Å²) in [7, 11) is -3.15. The first-order valence-electron chi connectivity index (χ1n) is 7.14. The van der Waals surface area contributed by atoms with Gasteiger partial charge in [0.05, 0.1) is 4.90 Å². The minimum Gasteiger partial charge on any atom is -0.492 e. The largest absolute Gasteiger partial charge is 0.492 e. The van der Waals surface area contributed by atoms with Gasteiger partial charge in [-0.15, -0.1) is 0 Å². The molecule has 0 aromatic heterocycles. The van der Waals surface area contributed by atoms with E-state index in [2.05, 4.69) is 30.4 Å². The molecule has 0 radical (unpaired) electrons. The van der Waals surface area contributed by atoms with E-state index in [9.17, 15) is 8.42 Å². The number of nitrogens with one attached hydrogen (secondary N) is 1. The molecule has 0 saturated heterocycles. The van der Waals surface area contributed by atoms with E-state index in [0.29, 0.717) is 17.3 Å². The van der Waals surface area contributed by atoms with Crippen LogP contribution < -0.4 is 10.1 Å². The minimum absolute atomic E-state index is 0.303. The van der Waals surface area contributed by atoms with E-state index in [0.717, 1.165) is 13.1 Å². The number of hydrogen-bond acceptors (Lipinski definition) is 4. The lowest BCUT2D eigenvalue weighted by atomic mass is 10.1. The molecule has 0 amide bonds. The van der Waals surface area contributed by atoms with E-state index in [4.69, 9.17) is 4.74 Å². The second-order valence-corrected chi connectivity index (χ2v) is 7.27. The lowest BCUT2D eigenvalue weighted by Gasteiger charge is -2.08. The molecule has 2 aromatic carbocycles. The minimum atomic E-state index is -3.15. The van der Waals surface area contributed by atoms with Crippen molar-refractivity contribution in [1.29, 1.82) is 0 Å². The summed E-state index contributed by atoms with van der Waals surface area (Å²) in [4.78, 5) is 0.303. The lowest BCUT2D eigenvalue weighted by molar-refractivity contribution is 0.313. The van der Waals surface area contributed by atoms with Gasteiger partial charge in [-0.2, -0.15) is 0 Å². The Morgan fingerprint density at radius 1 is 1.09 bits per heavy atom. The van der Waals surface area contributed by atoms with Crippen molar-refractivity contribution in [2.24, 2.45) is 0 Å². The highest BCUT2D eigenvalue weighted by Crippen LogP contribution is 2.15. The molecular weight excluding hydrogens is 298 g/mol. The summed E-state index contributed by atoms with van der Waals surface area (Å²) in [6, 6.07) is 14.8. The van der Waals surface area contributed by atoms with E-state index >= 15 is 0 Å². The van der Waals surface area contributed by atoms with Gasteiger partial charge in [0.2, 0.25) is 0 Å². The maximum Gasteiger partial charge on any atom is 0.175 e. The average molecular weight is 319 g/mol. The van der Waals surface area contributed by atoms with E-state index in [-0.39, 0.29) is 0 Å². The first-order chi connectivity index (χ1) is 10.4. The fourth-order valence-corrected chi connectivity index (χ4v) is 2.71. The first kappa shape index (κ1) is 16.5. The van der Waals surface area contributed by atoms with Crippen molar-refractivity contribution in [1.82, 2.24) is 5.32 Å². The zero-order valence-electron chi connectivity index (χ0n) is 12.9. The van der Waals surface area contributed by atoms with Gasteiger partial charge in [0.15, 0.2) is 9.84 Å². The van der Waals surface area contributed by atoms with E-state index in [1.165, 1.54) is 17.4 Å². The summed E-state index contributed by atoms with van der Waals surface area (Å²) >= 11 is 0. The van der Waals surface area contributed by atoms with Gasteiger partial charge in [-0.25, -0.2) is 8.42 Å². The molecule has 118 valence electrons. The first-order valence-corrected chi connectivity index (χ1v) is 9.03. The van der Waals surface area contributed by atoms with Gasteiger partial charge < -0.3 is 10.1 Å². The van der Waals surface area contributed by atoms with Gasteiger partial charge in [-0.1, -0.05) is 29.8 Å². The van der Waals surface area contributed by atoms with Gasteiger partial charge >= 0.3 is 0 Å². The van der Waals surface area contributed by atoms with Crippen molar-refractivity contribution < 1.29 is 13.2 Å². The SMILES string of the molecule is Cc1cccc(CNCCOc2ccc(S(C)(=O)=O)cc2)c1. The van der Waals surface area contributed by atoms with E-state index < -0.39 is 9.84 Å². The standard InChI is InChI=1S/C17H21NO3S/c1-14-4-3-5-15(12-14)13-18-10-11-21-16-6-8-17(9-7-16)22(2,19)20/h3-9,12,18H,10-11,13H2,1-2H3. The van der Waals surface area contributed by atoms with Crippen LogP contribution in [0.2, 0.25) is 0 Å². The molecular formula is C17H21NO3S. The molecule has 2 aromatic rings. The molecule has 0 spiro atoms. The number of rotatable bonds is 7. The topological polar surface area (TPSA) is 55.4 Å². The van der Waals surface area contributed by atoms with Crippen LogP contribution in [0.25, 0.3) is 0 Å². The van der Waals surface area contributed by atoms with Gasteiger partial charge in [-0.3, -0.25) is 0 Å². The highest BCUT2D eigenvalue weighted by molar-refractivity contribution is 7.90. The van der Waals surface area contributed by atoms with Crippen molar-refractivity contribution in [3.8, 4) is 5.75 Å². The monoisotopic (exact) mass is 319 g/mol. The van der Waals surface area contributed by atoms with Crippen LogP contribution in [0.5, 0.6) is 5.75 Å². The van der Waals surface area contributed by atoms with Crippen molar-refractivity contribution in [3.63, 3.8) is 0 Å². The number of benzene rings is 2. The molecule has 0 bridgehead atoms. The van der Waals surface area contributed by atoms with Crippen LogP contribution in [-0.4, -0.2) is 27.8 Å². The Morgan fingerprint density at radius 3 is 2.45 bits per heavy atom. The Morgan fingerprint density at radius 2 is 1.82 bits per heavy atom. The zero-order valence-corrected chi connectivity index (χ0v) is 13.7. The predicted octanol–water partition coefficient (Wildman–Crippen LogP) is 2.57. The van der Waals surface area contributed by atoms with E-state index in [1.54, 1.807) is 24.3 Å². The quantitative estimate of drug-likeness (QED) is 0.797. The predicted molar refractivity (Wildman–Crippen MR) is 87.9 cm³/mol. The summed E-state index contributed by atoms with van der Waals surface area (Å²) < 4.78 is 28.3. The number of hydrogen-bond donors (Lipinski definition) is 1. The average Bonchev–Trinajstić information content (AvgIpc) is 2.46. The van der Waals surface area contributed by atoms with Crippen LogP contribution in [0.1, 0.15) is 11.1 Å². The molecule has 4 nitrogen and oxygen atoms in total. The molecule has 5 heteroatoms. The van der Waals surface area contributed by atoms with Crippen LogP contribution in [-0.2, 0) is 16.4 Å². The molecule has 0 aliphatic heterocycles. The fourth-order valence-electron chi connectivity index (χ4n) is 2.08. The Balaban J connectivity index is 1.73. The number of sulfone groups is 1. The fraction of sp³-hybridized carbons (Fsp3) is 0.294. The van der Waals surface area contributed by atoms with Crippen LogP contribution in [0.15, 0.2) is 53.4 Å². The second-order valence-electron chi connectivity index (χ2n) is 5.26. The van der Waals surface area contributed by atoms with Crippen LogP contribution in [0, 0.1) is 6.92 Å². The van der Waals surface area contributed by atoms with Crippen molar-refractivity contribution in [3.05, 3.63) is 59.7 Å². The number of ether oxygens (including phenoxy) is 1. The highest BCUT2D eigenvalue weighted by atomic mass is 32.2. The van der Waals surface area contributed by atoms with Gasteiger partial charge in [0, 0.05) is 19.3 Å². The lowest BCUT2D eigenvalue weighted by Crippen LogP contribution is -2.20. The summed E-state index contributed by atoms with van der Waals surface area (Å²) in [5.41, 5.74) is 2.50. The third-order valence-electron chi connectivity index (χ3n) is 3.21. The second kappa shape index (κ2) is 7.42. The molecule has 2 rings (SSSR count). The molecule has 22 heavy (non-hydrogen) atoms. The Kier molecular flexibility index (Phi) is 5.57. The summed E-state index contributed by atoms with van der Waals surface area (Å²) in [5, 5.41) is 3.31. The molecule has 0 aliphatic carbocycles. The normalized spacial score (nSPS) is 11.4. The van der Waals surface area contributed by atoms with Crippen molar-refractivity contribution >= 4 is 9.84 Å². The molecule has 0 atom stereocenters. The van der Waals surface area contributed by atoms with Crippen LogP contribution in [0.3, 0.4) is 0 Å². The molecule has 0 saturated carbocycles. The molecule has 0 heterocycles. The maximum absolute atomic E-state index is 11.4. The molecule has 0 fully saturated rings. The Labute approximate surface area is 132 Å². The summed E-state index contributed by atoms with van der Waals surface area (Å²) in [6.45, 7) is 4.14. The third kappa shape index (κ3) is 5.16. The maximum atomic E-state index is 11.4. The molecule has 1 N–H and O–H groups in total. The zero-order chi connectivity index (χ0) is 16.0. The smallest absolute Gasteiger partial charge is 0.175 e. The van der Waals surface area contributed by atoms with Crippen molar-refractivity contribution in [2.75, 3.05) is 19.4 Å². The van der Waals surface area contributed by atoms with Gasteiger partial charge in [0.1, 0.15) is 12.4 Å². The Bertz CT molecular complexity index is 709. The van der Waals surface area contributed by atoms with Gasteiger partial charge in [-0.05, 0) is 36.8 Å². The third-order valence-corrected chi connectivity index (χ3v) is 4.34.